The molecule has 7 heteroatoms. The molecule has 3 aromatic rings. The molecule has 1 atom stereocenters. The van der Waals surface area contributed by atoms with Crippen LogP contribution in [0.3, 0.4) is 0 Å². The van der Waals surface area contributed by atoms with Crippen LogP contribution >= 0.6 is 0 Å². The summed E-state index contributed by atoms with van der Waals surface area (Å²) in [5.41, 5.74) is 11.9. The van der Waals surface area contributed by atoms with Crippen LogP contribution in [-0.4, -0.2) is 15.9 Å². The standard InChI is InChI=1S/C19H19N7/c1-19(24-23-16-12-13-21-22-16)17(14-8-4-2-5-9-14)18(20)26(25-19)15-10-6-3-7-11-15/h2-13,25H,20H2,1H3,(H,21,22). The van der Waals surface area contributed by atoms with Crippen LogP contribution in [0.25, 0.3) is 5.57 Å². The Kier molecular flexibility index (Phi) is 3.98. The van der Waals surface area contributed by atoms with Gasteiger partial charge in [-0.2, -0.15) is 15.6 Å². The van der Waals surface area contributed by atoms with E-state index in [0.717, 1.165) is 16.8 Å². The molecule has 0 saturated carbocycles. The molecule has 0 fully saturated rings. The molecule has 0 bridgehead atoms. The monoisotopic (exact) mass is 345 g/mol. The average molecular weight is 345 g/mol. The second kappa shape index (κ2) is 6.45. The zero-order chi connectivity index (χ0) is 18.0. The fraction of sp³-hybridized carbons (Fsp3) is 0.105. The van der Waals surface area contributed by atoms with E-state index in [1.807, 2.05) is 72.6 Å². The van der Waals surface area contributed by atoms with Gasteiger partial charge in [-0.3, -0.25) is 10.1 Å². The Balaban J connectivity index is 1.80. The fourth-order valence-corrected chi connectivity index (χ4v) is 3.04. The molecule has 130 valence electrons. The highest BCUT2D eigenvalue weighted by atomic mass is 15.6. The van der Waals surface area contributed by atoms with Crippen molar-refractivity contribution in [1.82, 2.24) is 15.6 Å². The Hall–Kier alpha value is -3.45. The summed E-state index contributed by atoms with van der Waals surface area (Å²) in [5.74, 6) is 1.17. The van der Waals surface area contributed by atoms with Crippen LogP contribution in [0.15, 0.2) is 89.0 Å². The van der Waals surface area contributed by atoms with Crippen LogP contribution in [0.4, 0.5) is 11.5 Å². The number of hydrazine groups is 1. The van der Waals surface area contributed by atoms with Crippen molar-refractivity contribution in [3.05, 3.63) is 84.3 Å². The summed E-state index contributed by atoms with van der Waals surface area (Å²) in [5, 5.41) is 17.4. The molecule has 4 rings (SSSR count). The van der Waals surface area contributed by atoms with Gasteiger partial charge in [0.25, 0.3) is 0 Å². The summed E-state index contributed by atoms with van der Waals surface area (Å²) >= 11 is 0. The van der Waals surface area contributed by atoms with Crippen molar-refractivity contribution < 1.29 is 0 Å². The molecule has 2 aromatic carbocycles. The third-order valence-corrected chi connectivity index (χ3v) is 4.23. The lowest BCUT2D eigenvalue weighted by Crippen LogP contribution is -2.45. The zero-order valence-corrected chi connectivity index (χ0v) is 14.3. The number of azo groups is 1. The maximum absolute atomic E-state index is 6.53. The van der Waals surface area contributed by atoms with Gasteiger partial charge in [0.2, 0.25) is 0 Å². The van der Waals surface area contributed by atoms with Crippen LogP contribution in [0.1, 0.15) is 12.5 Å². The van der Waals surface area contributed by atoms with Crippen molar-refractivity contribution in [3.8, 4) is 0 Å². The van der Waals surface area contributed by atoms with Crippen LogP contribution < -0.4 is 16.2 Å². The van der Waals surface area contributed by atoms with Gasteiger partial charge in [0.15, 0.2) is 11.5 Å². The molecular weight excluding hydrogens is 326 g/mol. The quantitative estimate of drug-likeness (QED) is 0.630. The summed E-state index contributed by atoms with van der Waals surface area (Å²) in [7, 11) is 0. The highest BCUT2D eigenvalue weighted by Crippen LogP contribution is 2.38. The van der Waals surface area contributed by atoms with Gasteiger partial charge in [-0.25, -0.2) is 0 Å². The Morgan fingerprint density at radius 2 is 1.69 bits per heavy atom. The molecule has 0 saturated heterocycles. The second-order valence-corrected chi connectivity index (χ2v) is 6.12. The summed E-state index contributed by atoms with van der Waals surface area (Å²) in [6.07, 6.45) is 1.64. The van der Waals surface area contributed by atoms with Gasteiger partial charge in [0.05, 0.1) is 11.9 Å². The van der Waals surface area contributed by atoms with E-state index in [2.05, 4.69) is 25.9 Å². The number of anilines is 1. The number of aromatic amines is 1. The first-order chi connectivity index (χ1) is 12.7. The predicted octanol–water partition coefficient (Wildman–Crippen LogP) is 3.56. The number of hydrogen-bond acceptors (Lipinski definition) is 6. The van der Waals surface area contributed by atoms with Gasteiger partial charge in [0, 0.05) is 11.6 Å². The molecular formula is C19H19N7. The normalized spacial score (nSPS) is 20.3. The van der Waals surface area contributed by atoms with E-state index < -0.39 is 5.66 Å². The van der Waals surface area contributed by atoms with Crippen molar-refractivity contribution in [3.63, 3.8) is 0 Å². The molecule has 1 aliphatic heterocycles. The average Bonchev–Trinajstić information content (AvgIpc) is 3.28. The van der Waals surface area contributed by atoms with Crippen molar-refractivity contribution in [2.45, 2.75) is 12.6 Å². The van der Waals surface area contributed by atoms with E-state index in [1.54, 1.807) is 12.3 Å². The van der Waals surface area contributed by atoms with Crippen molar-refractivity contribution in [1.29, 1.82) is 0 Å². The number of nitrogens with two attached hydrogens (primary N) is 1. The molecule has 1 aromatic heterocycles. The predicted molar refractivity (Wildman–Crippen MR) is 101 cm³/mol. The third kappa shape index (κ3) is 2.84. The van der Waals surface area contributed by atoms with E-state index in [1.165, 1.54) is 0 Å². The van der Waals surface area contributed by atoms with Crippen LogP contribution in [-0.2, 0) is 0 Å². The van der Waals surface area contributed by atoms with Gasteiger partial charge in [-0.1, -0.05) is 48.5 Å². The first-order valence-electron chi connectivity index (χ1n) is 8.28. The summed E-state index contributed by atoms with van der Waals surface area (Å²) in [4.78, 5) is 0. The fourth-order valence-electron chi connectivity index (χ4n) is 3.04. The van der Waals surface area contributed by atoms with Crippen LogP contribution in [0.5, 0.6) is 0 Å². The Bertz CT molecular complexity index is 933. The number of para-hydroxylation sites is 1. The second-order valence-electron chi connectivity index (χ2n) is 6.12. The molecule has 0 amide bonds. The number of rotatable bonds is 4. The molecule has 7 nitrogen and oxygen atoms in total. The molecule has 1 aliphatic rings. The molecule has 26 heavy (non-hydrogen) atoms. The van der Waals surface area contributed by atoms with E-state index in [9.17, 15) is 0 Å². The highest BCUT2D eigenvalue weighted by molar-refractivity contribution is 5.81. The highest BCUT2D eigenvalue weighted by Gasteiger charge is 2.42. The summed E-state index contributed by atoms with van der Waals surface area (Å²) in [6, 6.07) is 21.6. The maximum Gasteiger partial charge on any atom is 0.175 e. The lowest BCUT2D eigenvalue weighted by atomic mass is 9.96. The first kappa shape index (κ1) is 16.0. The SMILES string of the molecule is CC1(N=Nc2ccn[nH]2)NN(c2ccccc2)C(N)=C1c1ccccc1. The molecule has 2 heterocycles. The molecule has 4 N–H and O–H groups in total. The molecule has 0 radical (unpaired) electrons. The van der Waals surface area contributed by atoms with Gasteiger partial charge < -0.3 is 5.73 Å². The van der Waals surface area contributed by atoms with Crippen LogP contribution in [0.2, 0.25) is 0 Å². The first-order valence-corrected chi connectivity index (χ1v) is 8.28. The molecule has 0 aliphatic carbocycles. The lowest BCUT2D eigenvalue weighted by Gasteiger charge is -2.25. The number of hydrogen-bond donors (Lipinski definition) is 3. The molecule has 0 spiro atoms. The Morgan fingerprint density at radius 1 is 1.00 bits per heavy atom. The largest absolute Gasteiger partial charge is 0.384 e. The maximum atomic E-state index is 6.53. The minimum atomic E-state index is -0.827. The molecule has 1 unspecified atom stereocenters. The van der Waals surface area contributed by atoms with Crippen molar-refractivity contribution in [2.75, 3.05) is 5.01 Å². The van der Waals surface area contributed by atoms with Gasteiger partial charge >= 0.3 is 0 Å². The minimum absolute atomic E-state index is 0.581. The minimum Gasteiger partial charge on any atom is -0.384 e. The van der Waals surface area contributed by atoms with Crippen molar-refractivity contribution >= 4 is 17.1 Å². The summed E-state index contributed by atoms with van der Waals surface area (Å²) < 4.78 is 0. The number of aromatic nitrogens is 2. The lowest BCUT2D eigenvalue weighted by molar-refractivity contribution is 0.478. The Morgan fingerprint density at radius 3 is 2.35 bits per heavy atom. The van der Waals surface area contributed by atoms with Crippen molar-refractivity contribution in [2.24, 2.45) is 16.0 Å². The van der Waals surface area contributed by atoms with E-state index in [4.69, 9.17) is 5.73 Å². The topological polar surface area (TPSA) is 94.7 Å². The zero-order valence-electron chi connectivity index (χ0n) is 14.3. The number of nitrogens with zero attached hydrogens (tertiary/aromatic N) is 4. The third-order valence-electron chi connectivity index (χ3n) is 4.23. The van der Waals surface area contributed by atoms with Gasteiger partial charge in [-0.15, -0.1) is 5.11 Å². The van der Waals surface area contributed by atoms with Gasteiger partial charge in [-0.05, 0) is 24.6 Å². The summed E-state index contributed by atoms with van der Waals surface area (Å²) in [6.45, 7) is 1.95. The van der Waals surface area contributed by atoms with Gasteiger partial charge in [0.1, 0.15) is 5.82 Å². The number of benzene rings is 2. The van der Waals surface area contributed by atoms with E-state index in [-0.39, 0.29) is 0 Å². The van der Waals surface area contributed by atoms with E-state index >= 15 is 0 Å². The van der Waals surface area contributed by atoms with Crippen LogP contribution in [0, 0.1) is 0 Å². The number of nitrogens with one attached hydrogen (secondary N) is 2. The number of H-pyrrole nitrogens is 1. The Labute approximate surface area is 151 Å². The van der Waals surface area contributed by atoms with E-state index in [0.29, 0.717) is 11.6 Å². The smallest absolute Gasteiger partial charge is 0.175 e.